The van der Waals surface area contributed by atoms with Crippen LogP contribution < -0.4 is 15.5 Å². The molecule has 0 atom stereocenters. The first-order chi connectivity index (χ1) is 15.0. The Morgan fingerprint density at radius 3 is 2.52 bits per heavy atom. The molecule has 0 aliphatic heterocycles. The highest BCUT2D eigenvalue weighted by molar-refractivity contribution is 14.1. The van der Waals surface area contributed by atoms with Gasteiger partial charge >= 0.3 is 0 Å². The number of nitrogens with zero attached hydrogens (tertiary/aromatic N) is 2. The predicted molar refractivity (Wildman–Crippen MR) is 137 cm³/mol. The third kappa shape index (κ3) is 5.29. The Balaban J connectivity index is 1.32. The number of nitrogens with one attached hydrogen (secondary N) is 2. The highest BCUT2D eigenvalue weighted by Gasteiger charge is 2.22. The standard InChI is InChI=1S/C25H29IN4O/c1-30(2)23-15-24(29-22-10-6-4-8-20(22)23)28-18-13-11-17(12-14-18)16-27-25(31)19-7-3-5-9-21(19)26/h3-10,15,17-18H,11-14,16H2,1-2H3,(H,27,31)(H,28,29)/t17-,18+. The van der Waals surface area contributed by atoms with E-state index in [1.54, 1.807) is 0 Å². The number of carbonyl (C=O) groups is 1. The van der Waals surface area contributed by atoms with E-state index in [0.717, 1.165) is 52.7 Å². The number of para-hydroxylation sites is 1. The smallest absolute Gasteiger partial charge is 0.252 e. The van der Waals surface area contributed by atoms with E-state index in [2.05, 4.69) is 76.5 Å². The second-order valence-corrected chi connectivity index (χ2v) is 9.65. The number of fused-ring (bicyclic) bond motifs is 1. The van der Waals surface area contributed by atoms with Crippen LogP contribution in [-0.2, 0) is 0 Å². The summed E-state index contributed by atoms with van der Waals surface area (Å²) in [5.74, 6) is 1.50. The van der Waals surface area contributed by atoms with Gasteiger partial charge in [0, 0.05) is 47.4 Å². The highest BCUT2D eigenvalue weighted by Crippen LogP contribution is 2.30. The van der Waals surface area contributed by atoms with Crippen LogP contribution in [0.15, 0.2) is 54.6 Å². The zero-order chi connectivity index (χ0) is 21.8. The molecule has 162 valence electrons. The number of rotatable bonds is 6. The van der Waals surface area contributed by atoms with Crippen molar-refractivity contribution in [3.05, 3.63) is 63.7 Å². The molecule has 2 aromatic carbocycles. The molecule has 31 heavy (non-hydrogen) atoms. The lowest BCUT2D eigenvalue weighted by Crippen LogP contribution is -2.34. The Morgan fingerprint density at radius 2 is 1.77 bits per heavy atom. The number of anilines is 2. The fourth-order valence-electron chi connectivity index (χ4n) is 4.30. The van der Waals surface area contributed by atoms with E-state index in [1.165, 1.54) is 11.1 Å². The monoisotopic (exact) mass is 528 g/mol. The summed E-state index contributed by atoms with van der Waals surface area (Å²) in [6.07, 6.45) is 4.40. The first-order valence-corrected chi connectivity index (χ1v) is 12.0. The molecule has 1 amide bonds. The fraction of sp³-hybridized carbons (Fsp3) is 0.360. The van der Waals surface area contributed by atoms with Crippen molar-refractivity contribution >= 4 is 50.9 Å². The van der Waals surface area contributed by atoms with Crippen LogP contribution in [0.4, 0.5) is 11.5 Å². The van der Waals surface area contributed by atoms with Gasteiger partial charge in [-0.05, 0) is 72.4 Å². The third-order valence-electron chi connectivity index (χ3n) is 6.04. The Labute approximate surface area is 197 Å². The number of aromatic nitrogens is 1. The van der Waals surface area contributed by atoms with Crippen LogP contribution in [0.2, 0.25) is 0 Å². The van der Waals surface area contributed by atoms with Crippen LogP contribution in [0.3, 0.4) is 0 Å². The molecule has 1 fully saturated rings. The molecule has 1 aromatic heterocycles. The van der Waals surface area contributed by atoms with Crippen molar-refractivity contribution in [2.75, 3.05) is 30.9 Å². The first-order valence-electron chi connectivity index (χ1n) is 10.9. The summed E-state index contributed by atoms with van der Waals surface area (Å²) in [6, 6.07) is 18.6. The van der Waals surface area contributed by atoms with Gasteiger partial charge in [-0.15, -0.1) is 0 Å². The molecule has 1 saturated carbocycles. The van der Waals surface area contributed by atoms with Gasteiger partial charge in [-0.1, -0.05) is 30.3 Å². The number of carbonyl (C=O) groups excluding carboxylic acids is 1. The van der Waals surface area contributed by atoms with Gasteiger partial charge in [0.1, 0.15) is 5.82 Å². The number of hydrogen-bond donors (Lipinski definition) is 2. The molecule has 0 saturated heterocycles. The number of pyridine rings is 1. The summed E-state index contributed by atoms with van der Waals surface area (Å²) in [5.41, 5.74) is 2.96. The highest BCUT2D eigenvalue weighted by atomic mass is 127. The van der Waals surface area contributed by atoms with Gasteiger partial charge in [0.15, 0.2) is 0 Å². The van der Waals surface area contributed by atoms with Crippen LogP contribution in [0, 0.1) is 9.49 Å². The van der Waals surface area contributed by atoms with Crippen molar-refractivity contribution in [1.82, 2.24) is 10.3 Å². The summed E-state index contributed by atoms with van der Waals surface area (Å²) in [6.45, 7) is 0.746. The number of benzene rings is 2. The minimum atomic E-state index is 0.0295. The normalized spacial score (nSPS) is 18.5. The molecule has 6 heteroatoms. The van der Waals surface area contributed by atoms with E-state index < -0.39 is 0 Å². The van der Waals surface area contributed by atoms with Crippen LogP contribution in [0.1, 0.15) is 36.0 Å². The first kappa shape index (κ1) is 21.9. The van der Waals surface area contributed by atoms with E-state index in [4.69, 9.17) is 4.98 Å². The zero-order valence-electron chi connectivity index (χ0n) is 18.1. The molecule has 1 heterocycles. The maximum Gasteiger partial charge on any atom is 0.252 e. The maximum atomic E-state index is 12.5. The summed E-state index contributed by atoms with van der Waals surface area (Å²) in [4.78, 5) is 19.4. The second-order valence-electron chi connectivity index (χ2n) is 8.49. The lowest BCUT2D eigenvalue weighted by Gasteiger charge is -2.30. The Hall–Kier alpha value is -2.35. The Bertz CT molecular complexity index is 1060. The molecule has 5 nitrogen and oxygen atoms in total. The summed E-state index contributed by atoms with van der Waals surface area (Å²) < 4.78 is 0.991. The number of hydrogen-bond acceptors (Lipinski definition) is 4. The van der Waals surface area contributed by atoms with Crippen LogP contribution >= 0.6 is 22.6 Å². The maximum absolute atomic E-state index is 12.5. The molecule has 3 aromatic rings. The summed E-state index contributed by atoms with van der Waals surface area (Å²) >= 11 is 2.22. The summed E-state index contributed by atoms with van der Waals surface area (Å²) in [5, 5.41) is 7.96. The average Bonchev–Trinajstić information content (AvgIpc) is 2.78. The van der Waals surface area contributed by atoms with Crippen molar-refractivity contribution in [2.24, 2.45) is 5.92 Å². The number of halogens is 1. The molecule has 1 aliphatic carbocycles. The van der Waals surface area contributed by atoms with Gasteiger partial charge in [0.2, 0.25) is 0 Å². The minimum absolute atomic E-state index is 0.0295. The van der Waals surface area contributed by atoms with Crippen LogP contribution in [0.25, 0.3) is 10.9 Å². The molecular formula is C25H29IN4O. The molecule has 4 rings (SSSR count). The van der Waals surface area contributed by atoms with Crippen molar-refractivity contribution < 1.29 is 4.79 Å². The predicted octanol–water partition coefficient (Wildman–Crippen LogP) is 5.31. The van der Waals surface area contributed by atoms with E-state index >= 15 is 0 Å². The molecular weight excluding hydrogens is 499 g/mol. The Kier molecular flexibility index (Phi) is 6.95. The van der Waals surface area contributed by atoms with Gasteiger partial charge in [-0.25, -0.2) is 4.98 Å². The molecule has 1 aliphatic rings. The SMILES string of the molecule is CN(C)c1cc(N[C@H]2CC[C@@H](CNC(=O)c3ccccc3I)CC2)nc2ccccc12. The van der Waals surface area contributed by atoms with Gasteiger partial charge in [-0.3, -0.25) is 4.79 Å². The average molecular weight is 528 g/mol. The van der Waals surface area contributed by atoms with Crippen LogP contribution in [0.5, 0.6) is 0 Å². The van der Waals surface area contributed by atoms with Crippen molar-refractivity contribution in [2.45, 2.75) is 31.7 Å². The molecule has 0 bridgehead atoms. The quantitative estimate of drug-likeness (QED) is 0.426. The molecule has 0 radical (unpaired) electrons. The fourth-order valence-corrected chi connectivity index (χ4v) is 4.93. The van der Waals surface area contributed by atoms with Crippen molar-refractivity contribution in [1.29, 1.82) is 0 Å². The minimum Gasteiger partial charge on any atom is -0.377 e. The van der Waals surface area contributed by atoms with Crippen LogP contribution in [-0.4, -0.2) is 37.6 Å². The largest absolute Gasteiger partial charge is 0.377 e. The third-order valence-corrected chi connectivity index (χ3v) is 6.99. The van der Waals surface area contributed by atoms with E-state index in [9.17, 15) is 4.79 Å². The molecule has 0 unspecified atom stereocenters. The van der Waals surface area contributed by atoms with E-state index in [1.807, 2.05) is 30.3 Å². The van der Waals surface area contributed by atoms with Gasteiger partial charge in [0.25, 0.3) is 5.91 Å². The Morgan fingerprint density at radius 1 is 1.06 bits per heavy atom. The molecule has 2 N–H and O–H groups in total. The van der Waals surface area contributed by atoms with Crippen molar-refractivity contribution in [3.63, 3.8) is 0 Å². The zero-order valence-corrected chi connectivity index (χ0v) is 20.2. The lowest BCUT2D eigenvalue weighted by atomic mass is 9.86. The summed E-state index contributed by atoms with van der Waals surface area (Å²) in [7, 11) is 4.14. The topological polar surface area (TPSA) is 57.3 Å². The van der Waals surface area contributed by atoms with Gasteiger partial charge in [-0.2, -0.15) is 0 Å². The van der Waals surface area contributed by atoms with E-state index in [0.29, 0.717) is 12.0 Å². The van der Waals surface area contributed by atoms with Gasteiger partial charge in [0.05, 0.1) is 11.1 Å². The second kappa shape index (κ2) is 9.85. The molecule has 0 spiro atoms. The lowest BCUT2D eigenvalue weighted by molar-refractivity contribution is 0.0942. The van der Waals surface area contributed by atoms with E-state index in [-0.39, 0.29) is 5.91 Å². The van der Waals surface area contributed by atoms with Gasteiger partial charge < -0.3 is 15.5 Å². The number of amides is 1. The van der Waals surface area contributed by atoms with Crippen molar-refractivity contribution in [3.8, 4) is 0 Å².